The van der Waals surface area contributed by atoms with E-state index in [9.17, 15) is 0 Å². The minimum atomic E-state index is -0.0606. The Morgan fingerprint density at radius 1 is 1.50 bits per heavy atom. The standard InChI is InChI=1S/C12H17N5O/c1-3-10(13)11-8-17(16-15-11)7-9-5-4-6-14-12(9)18-2/h4-6,8,10H,3,7,13H2,1-2H3. The van der Waals surface area contributed by atoms with Gasteiger partial charge in [0.15, 0.2) is 0 Å². The van der Waals surface area contributed by atoms with Gasteiger partial charge in [0.2, 0.25) is 5.88 Å². The zero-order valence-electron chi connectivity index (χ0n) is 10.6. The summed E-state index contributed by atoms with van der Waals surface area (Å²) >= 11 is 0. The van der Waals surface area contributed by atoms with E-state index in [-0.39, 0.29) is 6.04 Å². The van der Waals surface area contributed by atoms with Crippen molar-refractivity contribution < 1.29 is 4.74 Å². The lowest BCUT2D eigenvalue weighted by atomic mass is 10.2. The van der Waals surface area contributed by atoms with Crippen molar-refractivity contribution in [1.82, 2.24) is 20.0 Å². The molecule has 0 saturated carbocycles. The predicted molar refractivity (Wildman–Crippen MR) is 67.1 cm³/mol. The molecule has 2 aromatic rings. The van der Waals surface area contributed by atoms with E-state index in [1.54, 1.807) is 18.0 Å². The second kappa shape index (κ2) is 5.59. The Labute approximate surface area is 106 Å². The van der Waals surface area contributed by atoms with Gasteiger partial charge >= 0.3 is 0 Å². The smallest absolute Gasteiger partial charge is 0.218 e. The average molecular weight is 247 g/mol. The Bertz CT molecular complexity index is 511. The molecule has 0 saturated heterocycles. The van der Waals surface area contributed by atoms with Crippen LogP contribution in [-0.4, -0.2) is 27.1 Å². The average Bonchev–Trinajstić information content (AvgIpc) is 2.87. The maximum atomic E-state index is 5.90. The van der Waals surface area contributed by atoms with Crippen molar-refractivity contribution in [2.24, 2.45) is 5.73 Å². The fourth-order valence-corrected chi connectivity index (χ4v) is 1.67. The quantitative estimate of drug-likeness (QED) is 0.857. The van der Waals surface area contributed by atoms with Gasteiger partial charge in [-0.1, -0.05) is 18.2 Å². The lowest BCUT2D eigenvalue weighted by Crippen LogP contribution is -2.08. The van der Waals surface area contributed by atoms with Crippen LogP contribution in [0.15, 0.2) is 24.5 Å². The van der Waals surface area contributed by atoms with Crippen LogP contribution in [0.5, 0.6) is 5.88 Å². The molecule has 0 bridgehead atoms. The molecule has 2 N–H and O–H groups in total. The van der Waals surface area contributed by atoms with Crippen molar-refractivity contribution in [3.8, 4) is 5.88 Å². The first-order chi connectivity index (χ1) is 8.74. The molecular formula is C12H17N5O. The van der Waals surface area contributed by atoms with Crippen molar-refractivity contribution in [3.05, 3.63) is 35.8 Å². The van der Waals surface area contributed by atoms with Crippen LogP contribution in [0.25, 0.3) is 0 Å². The van der Waals surface area contributed by atoms with E-state index in [4.69, 9.17) is 10.5 Å². The molecule has 0 aromatic carbocycles. The van der Waals surface area contributed by atoms with Gasteiger partial charge in [0.1, 0.15) is 0 Å². The number of hydrogen-bond acceptors (Lipinski definition) is 5. The molecule has 0 spiro atoms. The van der Waals surface area contributed by atoms with E-state index >= 15 is 0 Å². The van der Waals surface area contributed by atoms with E-state index < -0.39 is 0 Å². The molecule has 0 aliphatic heterocycles. The number of hydrogen-bond donors (Lipinski definition) is 1. The van der Waals surface area contributed by atoms with Gasteiger partial charge in [0.25, 0.3) is 0 Å². The monoisotopic (exact) mass is 247 g/mol. The van der Waals surface area contributed by atoms with Crippen LogP contribution in [-0.2, 0) is 6.54 Å². The molecule has 1 unspecified atom stereocenters. The first kappa shape index (κ1) is 12.5. The normalized spacial score (nSPS) is 12.4. The van der Waals surface area contributed by atoms with E-state index in [0.29, 0.717) is 12.4 Å². The Balaban J connectivity index is 2.16. The minimum Gasteiger partial charge on any atom is -0.481 e. The summed E-state index contributed by atoms with van der Waals surface area (Å²) in [6.07, 6.45) is 4.40. The molecule has 0 radical (unpaired) electrons. The van der Waals surface area contributed by atoms with Crippen LogP contribution in [0.2, 0.25) is 0 Å². The Hall–Kier alpha value is -1.95. The highest BCUT2D eigenvalue weighted by Gasteiger charge is 2.10. The molecule has 0 fully saturated rings. The SMILES string of the molecule is CCC(N)c1cn(Cc2cccnc2OC)nn1. The highest BCUT2D eigenvalue weighted by molar-refractivity contribution is 5.25. The Morgan fingerprint density at radius 2 is 2.33 bits per heavy atom. The van der Waals surface area contributed by atoms with Gasteiger partial charge in [-0.15, -0.1) is 5.10 Å². The summed E-state index contributed by atoms with van der Waals surface area (Å²) in [5.41, 5.74) is 7.67. The number of nitrogens with zero attached hydrogens (tertiary/aromatic N) is 4. The topological polar surface area (TPSA) is 78.9 Å². The van der Waals surface area contributed by atoms with Gasteiger partial charge in [0, 0.05) is 11.8 Å². The second-order valence-corrected chi connectivity index (χ2v) is 4.03. The molecule has 6 nitrogen and oxygen atoms in total. The van der Waals surface area contributed by atoms with Crippen molar-refractivity contribution >= 4 is 0 Å². The molecule has 0 aliphatic rings. The summed E-state index contributed by atoms with van der Waals surface area (Å²) in [4.78, 5) is 4.14. The number of ether oxygens (including phenoxy) is 1. The van der Waals surface area contributed by atoms with Gasteiger partial charge in [-0.05, 0) is 12.5 Å². The Kier molecular flexibility index (Phi) is 3.88. The number of rotatable bonds is 5. The summed E-state index contributed by atoms with van der Waals surface area (Å²) in [5.74, 6) is 0.606. The van der Waals surface area contributed by atoms with Gasteiger partial charge in [-0.3, -0.25) is 0 Å². The third-order valence-corrected chi connectivity index (χ3v) is 2.75. The number of nitrogens with two attached hydrogens (primary N) is 1. The summed E-state index contributed by atoms with van der Waals surface area (Å²) in [5, 5.41) is 8.12. The number of methoxy groups -OCH3 is 1. The summed E-state index contributed by atoms with van der Waals surface area (Å²) in [6, 6.07) is 3.76. The highest BCUT2D eigenvalue weighted by atomic mass is 16.5. The molecule has 2 rings (SSSR count). The first-order valence-electron chi connectivity index (χ1n) is 5.88. The molecule has 18 heavy (non-hydrogen) atoms. The van der Waals surface area contributed by atoms with Crippen LogP contribution < -0.4 is 10.5 Å². The van der Waals surface area contributed by atoms with Gasteiger partial charge in [-0.25, -0.2) is 9.67 Å². The Morgan fingerprint density at radius 3 is 3.06 bits per heavy atom. The van der Waals surface area contributed by atoms with E-state index in [1.807, 2.05) is 25.3 Å². The van der Waals surface area contributed by atoms with Crippen molar-refractivity contribution in [1.29, 1.82) is 0 Å². The second-order valence-electron chi connectivity index (χ2n) is 4.03. The lowest BCUT2D eigenvalue weighted by Gasteiger charge is -2.06. The zero-order valence-corrected chi connectivity index (χ0v) is 10.6. The van der Waals surface area contributed by atoms with Gasteiger partial charge in [0.05, 0.1) is 31.6 Å². The maximum Gasteiger partial charge on any atom is 0.218 e. The summed E-state index contributed by atoms with van der Waals surface area (Å²) in [6.45, 7) is 2.59. The fourth-order valence-electron chi connectivity index (χ4n) is 1.67. The zero-order chi connectivity index (χ0) is 13.0. The first-order valence-corrected chi connectivity index (χ1v) is 5.88. The third-order valence-electron chi connectivity index (χ3n) is 2.75. The summed E-state index contributed by atoms with van der Waals surface area (Å²) in [7, 11) is 1.60. The van der Waals surface area contributed by atoms with E-state index in [0.717, 1.165) is 17.7 Å². The molecule has 6 heteroatoms. The lowest BCUT2D eigenvalue weighted by molar-refractivity contribution is 0.390. The molecular weight excluding hydrogens is 230 g/mol. The van der Waals surface area contributed by atoms with Crippen molar-refractivity contribution in [2.45, 2.75) is 25.9 Å². The molecule has 2 heterocycles. The maximum absolute atomic E-state index is 5.90. The largest absolute Gasteiger partial charge is 0.481 e. The van der Waals surface area contributed by atoms with Crippen LogP contribution in [0.4, 0.5) is 0 Å². The fraction of sp³-hybridized carbons (Fsp3) is 0.417. The van der Waals surface area contributed by atoms with Crippen LogP contribution in [0.1, 0.15) is 30.6 Å². The van der Waals surface area contributed by atoms with Crippen LogP contribution in [0.3, 0.4) is 0 Å². The van der Waals surface area contributed by atoms with Crippen molar-refractivity contribution in [2.75, 3.05) is 7.11 Å². The molecule has 96 valence electrons. The van der Waals surface area contributed by atoms with Crippen LogP contribution in [0, 0.1) is 0 Å². The molecule has 0 amide bonds. The summed E-state index contributed by atoms with van der Waals surface area (Å²) < 4.78 is 6.94. The van der Waals surface area contributed by atoms with Crippen LogP contribution >= 0.6 is 0 Å². The van der Waals surface area contributed by atoms with Gasteiger partial charge < -0.3 is 10.5 Å². The molecule has 1 atom stereocenters. The highest BCUT2D eigenvalue weighted by Crippen LogP contribution is 2.15. The van der Waals surface area contributed by atoms with Gasteiger partial charge in [-0.2, -0.15) is 0 Å². The molecule has 0 aliphatic carbocycles. The number of pyridine rings is 1. The molecule has 2 aromatic heterocycles. The van der Waals surface area contributed by atoms with E-state index in [1.165, 1.54) is 0 Å². The third kappa shape index (κ3) is 2.65. The number of aromatic nitrogens is 4. The van der Waals surface area contributed by atoms with Crippen molar-refractivity contribution in [3.63, 3.8) is 0 Å². The van der Waals surface area contributed by atoms with E-state index in [2.05, 4.69) is 15.3 Å². The minimum absolute atomic E-state index is 0.0606. The predicted octanol–water partition coefficient (Wildman–Crippen LogP) is 1.14.